The van der Waals surface area contributed by atoms with E-state index in [0.717, 1.165) is 17.9 Å². The molecule has 0 aliphatic heterocycles. The van der Waals surface area contributed by atoms with Gasteiger partial charge in [0.25, 0.3) is 0 Å². The van der Waals surface area contributed by atoms with E-state index in [2.05, 4.69) is 18.4 Å². The fourth-order valence-electron chi connectivity index (χ4n) is 3.77. The lowest BCUT2D eigenvalue weighted by atomic mass is 10.1. The monoisotopic (exact) mass is 510 g/mol. The van der Waals surface area contributed by atoms with Crippen molar-refractivity contribution in [2.45, 2.75) is 136 Å². The second-order valence-corrected chi connectivity index (χ2v) is 11.9. The molecule has 0 amide bonds. The summed E-state index contributed by atoms with van der Waals surface area (Å²) in [4.78, 5) is 9.52. The number of thioether (sulfide) groups is 1. The SMILES string of the molecule is CCCCCCCCCCCCSC[C@@H](COP(=O)(O)OC)OCCCCCCCCCC. The first-order valence-electron chi connectivity index (χ1n) is 13.8. The summed E-state index contributed by atoms with van der Waals surface area (Å²) in [7, 11) is -2.76. The van der Waals surface area contributed by atoms with Crippen LogP contribution in [0.25, 0.3) is 0 Å². The standard InChI is InChI=1S/C26H55O5PS/c1-4-6-8-10-12-14-15-17-19-21-23-33-25-26(24-31-32(27,28)29-3)30-22-20-18-16-13-11-9-7-5-2/h26H,4-25H2,1-3H3,(H,27,28)/t26-/m1/s1. The average Bonchev–Trinajstić information content (AvgIpc) is 2.81. The average molecular weight is 511 g/mol. The van der Waals surface area contributed by atoms with Gasteiger partial charge in [0.1, 0.15) is 0 Å². The van der Waals surface area contributed by atoms with Gasteiger partial charge in [-0.2, -0.15) is 11.8 Å². The highest BCUT2D eigenvalue weighted by Gasteiger charge is 2.21. The minimum atomic E-state index is -3.95. The Bertz CT molecular complexity index is 439. The largest absolute Gasteiger partial charge is 0.472 e. The van der Waals surface area contributed by atoms with Gasteiger partial charge in [-0.1, -0.05) is 117 Å². The lowest BCUT2D eigenvalue weighted by molar-refractivity contribution is 0.0225. The topological polar surface area (TPSA) is 65.0 Å². The lowest BCUT2D eigenvalue weighted by Gasteiger charge is -2.19. The van der Waals surface area contributed by atoms with Crippen molar-refractivity contribution in [1.82, 2.24) is 0 Å². The molecule has 0 radical (unpaired) electrons. The molecule has 0 saturated heterocycles. The van der Waals surface area contributed by atoms with Crippen molar-refractivity contribution in [2.75, 3.05) is 31.8 Å². The fourth-order valence-corrected chi connectivity index (χ4v) is 5.26. The van der Waals surface area contributed by atoms with E-state index < -0.39 is 7.82 Å². The van der Waals surface area contributed by atoms with E-state index in [-0.39, 0.29) is 12.7 Å². The Morgan fingerprint density at radius 2 is 1.18 bits per heavy atom. The second kappa shape index (κ2) is 25.5. The maximum atomic E-state index is 11.6. The van der Waals surface area contributed by atoms with Crippen LogP contribution in [-0.2, 0) is 18.3 Å². The summed E-state index contributed by atoms with van der Waals surface area (Å²) in [5.74, 6) is 1.90. The van der Waals surface area contributed by atoms with Gasteiger partial charge in [-0.3, -0.25) is 9.05 Å². The molecule has 0 heterocycles. The molecule has 5 nitrogen and oxygen atoms in total. The quantitative estimate of drug-likeness (QED) is 0.0879. The number of unbranched alkanes of at least 4 members (excludes halogenated alkanes) is 16. The molecule has 7 heteroatoms. The first kappa shape index (κ1) is 33.4. The van der Waals surface area contributed by atoms with Crippen LogP contribution in [0.1, 0.15) is 129 Å². The molecule has 1 unspecified atom stereocenters. The normalized spacial score (nSPS) is 14.4. The Labute approximate surface area is 210 Å². The van der Waals surface area contributed by atoms with E-state index >= 15 is 0 Å². The highest BCUT2D eigenvalue weighted by molar-refractivity contribution is 7.99. The second-order valence-electron chi connectivity index (χ2n) is 9.17. The Hall–Kier alpha value is 0.420. The Morgan fingerprint density at radius 3 is 1.67 bits per heavy atom. The van der Waals surface area contributed by atoms with Crippen LogP contribution in [0, 0.1) is 0 Å². The molecule has 0 aromatic heterocycles. The summed E-state index contributed by atoms with van der Waals surface area (Å²) in [6, 6.07) is 0. The van der Waals surface area contributed by atoms with Gasteiger partial charge in [-0.05, 0) is 18.6 Å². The van der Waals surface area contributed by atoms with Crippen LogP contribution in [-0.4, -0.2) is 42.8 Å². The van der Waals surface area contributed by atoms with Gasteiger partial charge < -0.3 is 9.63 Å². The van der Waals surface area contributed by atoms with E-state index in [0.29, 0.717) is 6.61 Å². The summed E-state index contributed by atoms with van der Waals surface area (Å²) in [5.41, 5.74) is 0. The summed E-state index contributed by atoms with van der Waals surface area (Å²) < 4.78 is 27.2. The van der Waals surface area contributed by atoms with Crippen LogP contribution in [0.5, 0.6) is 0 Å². The van der Waals surface area contributed by atoms with Crippen LogP contribution in [0.4, 0.5) is 0 Å². The highest BCUT2D eigenvalue weighted by atomic mass is 32.2. The van der Waals surface area contributed by atoms with E-state index in [9.17, 15) is 9.46 Å². The van der Waals surface area contributed by atoms with Crippen molar-refractivity contribution >= 4 is 19.6 Å². The number of phosphoric acid groups is 1. The minimum Gasteiger partial charge on any atom is -0.375 e. The maximum absolute atomic E-state index is 11.6. The number of phosphoric ester groups is 1. The third-order valence-corrected chi connectivity index (χ3v) is 8.07. The summed E-state index contributed by atoms with van der Waals surface area (Å²) in [5, 5.41) is 0. The van der Waals surface area contributed by atoms with Crippen molar-refractivity contribution in [2.24, 2.45) is 0 Å². The molecule has 200 valence electrons. The van der Waals surface area contributed by atoms with Crippen molar-refractivity contribution in [3.63, 3.8) is 0 Å². The van der Waals surface area contributed by atoms with Crippen LogP contribution >= 0.6 is 19.6 Å². The highest BCUT2D eigenvalue weighted by Crippen LogP contribution is 2.42. The fraction of sp³-hybridized carbons (Fsp3) is 1.00. The van der Waals surface area contributed by atoms with Gasteiger partial charge in [-0.25, -0.2) is 4.57 Å². The molecule has 0 bridgehead atoms. The van der Waals surface area contributed by atoms with E-state index in [1.165, 1.54) is 116 Å². The van der Waals surface area contributed by atoms with Gasteiger partial charge in [-0.15, -0.1) is 0 Å². The smallest absolute Gasteiger partial charge is 0.375 e. The first-order chi connectivity index (χ1) is 16.1. The van der Waals surface area contributed by atoms with Crippen molar-refractivity contribution in [3.05, 3.63) is 0 Å². The molecule has 0 aliphatic carbocycles. The zero-order valence-corrected chi connectivity index (χ0v) is 23.8. The van der Waals surface area contributed by atoms with Crippen molar-refractivity contribution < 1.29 is 23.2 Å². The molecular formula is C26H55O5PS. The van der Waals surface area contributed by atoms with Crippen molar-refractivity contribution in [3.8, 4) is 0 Å². The van der Waals surface area contributed by atoms with Crippen LogP contribution in [0.3, 0.4) is 0 Å². The van der Waals surface area contributed by atoms with E-state index in [1.807, 2.05) is 11.8 Å². The van der Waals surface area contributed by atoms with Crippen LogP contribution in [0.2, 0.25) is 0 Å². The molecule has 1 N–H and O–H groups in total. The Kier molecular flexibility index (Phi) is 25.8. The molecule has 0 aromatic carbocycles. The predicted molar refractivity (Wildman–Crippen MR) is 144 cm³/mol. The van der Waals surface area contributed by atoms with Gasteiger partial charge in [0.2, 0.25) is 0 Å². The van der Waals surface area contributed by atoms with Crippen molar-refractivity contribution in [1.29, 1.82) is 0 Å². The number of rotatable bonds is 27. The van der Waals surface area contributed by atoms with Gasteiger partial charge in [0.05, 0.1) is 12.7 Å². The lowest BCUT2D eigenvalue weighted by Crippen LogP contribution is -2.23. The molecule has 0 spiro atoms. The van der Waals surface area contributed by atoms with Gasteiger partial charge >= 0.3 is 7.82 Å². The van der Waals surface area contributed by atoms with E-state index in [1.54, 1.807) is 0 Å². The minimum absolute atomic E-state index is 0.101. The molecule has 2 atom stereocenters. The molecule has 0 rings (SSSR count). The third kappa shape index (κ3) is 25.3. The number of hydrogen-bond donors (Lipinski definition) is 1. The summed E-state index contributed by atoms with van der Waals surface area (Å²) >= 11 is 1.86. The van der Waals surface area contributed by atoms with Crippen LogP contribution in [0.15, 0.2) is 0 Å². The number of hydrogen-bond acceptors (Lipinski definition) is 5. The van der Waals surface area contributed by atoms with Gasteiger partial charge in [0.15, 0.2) is 0 Å². The molecule has 0 fully saturated rings. The Morgan fingerprint density at radius 1 is 0.727 bits per heavy atom. The molecular weight excluding hydrogens is 455 g/mol. The third-order valence-electron chi connectivity index (χ3n) is 5.95. The summed E-state index contributed by atoms with van der Waals surface area (Å²) in [6.45, 7) is 5.30. The van der Waals surface area contributed by atoms with E-state index in [4.69, 9.17) is 9.26 Å². The molecule has 33 heavy (non-hydrogen) atoms. The molecule has 0 saturated carbocycles. The zero-order chi connectivity index (χ0) is 24.5. The Balaban J connectivity index is 3.84. The number of ether oxygens (including phenoxy) is 1. The zero-order valence-electron chi connectivity index (χ0n) is 22.1. The molecule has 0 aliphatic rings. The molecule has 0 aromatic rings. The van der Waals surface area contributed by atoms with Gasteiger partial charge in [0, 0.05) is 19.5 Å². The maximum Gasteiger partial charge on any atom is 0.472 e. The predicted octanol–water partition coefficient (Wildman–Crippen LogP) is 8.93. The first-order valence-corrected chi connectivity index (χ1v) is 16.4. The summed E-state index contributed by atoms with van der Waals surface area (Å²) in [6.07, 6.45) is 23.4. The van der Waals surface area contributed by atoms with Crippen LogP contribution < -0.4 is 0 Å².